The second-order valence-electron chi connectivity index (χ2n) is 5.63. The molecule has 2 rings (SSSR count). The lowest BCUT2D eigenvalue weighted by Gasteiger charge is -2.13. The van der Waals surface area contributed by atoms with E-state index in [2.05, 4.69) is 10.4 Å². The number of aryl methyl sites for hydroxylation is 3. The van der Waals surface area contributed by atoms with Crippen LogP contribution in [0, 0.1) is 19.8 Å². The second-order valence-corrected chi connectivity index (χ2v) is 5.63. The summed E-state index contributed by atoms with van der Waals surface area (Å²) < 4.78 is 1.96. The summed E-state index contributed by atoms with van der Waals surface area (Å²) >= 11 is 0. The summed E-state index contributed by atoms with van der Waals surface area (Å²) in [5.41, 5.74) is 2.15. The van der Waals surface area contributed by atoms with E-state index in [1.807, 2.05) is 31.5 Å². The van der Waals surface area contributed by atoms with Crippen LogP contribution in [-0.2, 0) is 16.1 Å². The van der Waals surface area contributed by atoms with Crippen LogP contribution in [-0.4, -0.2) is 46.1 Å². The fourth-order valence-electron chi connectivity index (χ4n) is 2.74. The summed E-state index contributed by atoms with van der Waals surface area (Å²) in [6, 6.07) is 2.04. The molecule has 0 spiro atoms. The number of rotatable bonds is 6. The largest absolute Gasteiger partial charge is 0.356 e. The summed E-state index contributed by atoms with van der Waals surface area (Å²) in [4.78, 5) is 25.4. The number of aromatic nitrogens is 2. The molecule has 0 bridgehead atoms. The van der Waals surface area contributed by atoms with Crippen LogP contribution in [0.1, 0.15) is 31.2 Å². The Labute approximate surface area is 125 Å². The minimum atomic E-state index is -0.189. The number of carbonyl (C=O) groups excluding carboxylic acids is 2. The SMILES string of the molecule is CCN1C[C@@H](C(=O)NCCCn2nc(C)cc2C)CC1=O. The fourth-order valence-corrected chi connectivity index (χ4v) is 2.74. The number of likely N-dealkylation sites (tertiary alicyclic amines) is 1. The van der Waals surface area contributed by atoms with Gasteiger partial charge in [-0.1, -0.05) is 0 Å². The molecule has 21 heavy (non-hydrogen) atoms. The maximum atomic E-state index is 12.0. The van der Waals surface area contributed by atoms with Crippen molar-refractivity contribution in [2.24, 2.45) is 5.92 Å². The van der Waals surface area contributed by atoms with E-state index < -0.39 is 0 Å². The maximum absolute atomic E-state index is 12.0. The summed E-state index contributed by atoms with van der Waals surface area (Å²) in [5.74, 6) is -0.112. The minimum Gasteiger partial charge on any atom is -0.356 e. The Morgan fingerprint density at radius 1 is 1.48 bits per heavy atom. The van der Waals surface area contributed by atoms with Gasteiger partial charge in [-0.3, -0.25) is 14.3 Å². The van der Waals surface area contributed by atoms with E-state index in [1.165, 1.54) is 0 Å². The quantitative estimate of drug-likeness (QED) is 0.791. The van der Waals surface area contributed by atoms with E-state index >= 15 is 0 Å². The zero-order valence-electron chi connectivity index (χ0n) is 13.1. The third-order valence-electron chi connectivity index (χ3n) is 3.92. The molecule has 6 nitrogen and oxygen atoms in total. The molecular formula is C15H24N4O2. The number of nitrogens with zero attached hydrogens (tertiary/aromatic N) is 3. The fraction of sp³-hybridized carbons (Fsp3) is 0.667. The number of hydrogen-bond acceptors (Lipinski definition) is 3. The van der Waals surface area contributed by atoms with Gasteiger partial charge in [-0.25, -0.2) is 0 Å². The van der Waals surface area contributed by atoms with Crippen LogP contribution in [0.4, 0.5) is 0 Å². The topological polar surface area (TPSA) is 67.2 Å². The molecule has 6 heteroatoms. The van der Waals surface area contributed by atoms with E-state index in [-0.39, 0.29) is 17.7 Å². The predicted octanol–water partition coefficient (Wildman–Crippen LogP) is 0.875. The summed E-state index contributed by atoms with van der Waals surface area (Å²) in [6.07, 6.45) is 1.18. The molecule has 0 aromatic carbocycles. The van der Waals surface area contributed by atoms with Gasteiger partial charge in [-0.15, -0.1) is 0 Å². The molecule has 1 fully saturated rings. The van der Waals surface area contributed by atoms with Crippen molar-refractivity contribution >= 4 is 11.8 Å². The van der Waals surface area contributed by atoms with Crippen LogP contribution in [0.5, 0.6) is 0 Å². The van der Waals surface area contributed by atoms with Gasteiger partial charge in [0.1, 0.15) is 0 Å². The number of nitrogens with one attached hydrogen (secondary N) is 1. The first-order chi connectivity index (χ1) is 10.0. The summed E-state index contributed by atoms with van der Waals surface area (Å²) in [5, 5.41) is 7.32. The number of amides is 2. The monoisotopic (exact) mass is 292 g/mol. The van der Waals surface area contributed by atoms with Crippen molar-refractivity contribution in [1.29, 1.82) is 0 Å². The molecule has 1 aromatic rings. The Kier molecular flexibility index (Phi) is 4.98. The van der Waals surface area contributed by atoms with Crippen LogP contribution >= 0.6 is 0 Å². The number of carbonyl (C=O) groups is 2. The van der Waals surface area contributed by atoms with Crippen LogP contribution in [0.25, 0.3) is 0 Å². The molecule has 0 unspecified atom stereocenters. The van der Waals surface area contributed by atoms with E-state index in [9.17, 15) is 9.59 Å². The first kappa shape index (κ1) is 15.5. The van der Waals surface area contributed by atoms with Crippen LogP contribution in [0.2, 0.25) is 0 Å². The molecule has 1 atom stereocenters. The van der Waals surface area contributed by atoms with Gasteiger partial charge in [-0.2, -0.15) is 5.10 Å². The second kappa shape index (κ2) is 6.74. The normalized spacial score (nSPS) is 18.3. The van der Waals surface area contributed by atoms with Gasteiger partial charge in [0.25, 0.3) is 0 Å². The van der Waals surface area contributed by atoms with Crippen molar-refractivity contribution < 1.29 is 9.59 Å². The predicted molar refractivity (Wildman–Crippen MR) is 79.7 cm³/mol. The molecule has 116 valence electrons. The molecule has 2 amide bonds. The number of hydrogen-bond donors (Lipinski definition) is 1. The highest BCUT2D eigenvalue weighted by Gasteiger charge is 2.32. The Hall–Kier alpha value is -1.85. The molecule has 0 saturated carbocycles. The molecule has 0 aliphatic carbocycles. The first-order valence-corrected chi connectivity index (χ1v) is 7.57. The highest BCUT2D eigenvalue weighted by molar-refractivity contribution is 5.89. The van der Waals surface area contributed by atoms with Gasteiger partial charge in [0.2, 0.25) is 11.8 Å². The van der Waals surface area contributed by atoms with Gasteiger partial charge in [0.05, 0.1) is 11.6 Å². The molecule has 1 aliphatic rings. The molecule has 1 N–H and O–H groups in total. The molecule has 1 aliphatic heterocycles. The van der Waals surface area contributed by atoms with Crippen molar-refractivity contribution in [2.75, 3.05) is 19.6 Å². The molecule has 2 heterocycles. The van der Waals surface area contributed by atoms with E-state index in [4.69, 9.17) is 0 Å². The third-order valence-corrected chi connectivity index (χ3v) is 3.92. The lowest BCUT2D eigenvalue weighted by atomic mass is 10.1. The Morgan fingerprint density at radius 3 is 2.81 bits per heavy atom. The zero-order valence-corrected chi connectivity index (χ0v) is 13.1. The Bertz CT molecular complexity index is 524. The molecule has 1 aromatic heterocycles. The molecule has 1 saturated heterocycles. The van der Waals surface area contributed by atoms with Crippen molar-refractivity contribution in [2.45, 2.75) is 40.2 Å². The van der Waals surface area contributed by atoms with Crippen LogP contribution in [0.3, 0.4) is 0 Å². The van der Waals surface area contributed by atoms with Gasteiger partial charge < -0.3 is 10.2 Å². The average Bonchev–Trinajstić information content (AvgIpc) is 2.97. The Morgan fingerprint density at radius 2 is 2.24 bits per heavy atom. The van der Waals surface area contributed by atoms with Crippen molar-refractivity contribution in [3.63, 3.8) is 0 Å². The molecule has 0 radical (unpaired) electrons. The minimum absolute atomic E-state index is 0.00679. The summed E-state index contributed by atoms with van der Waals surface area (Å²) in [6.45, 7) is 8.59. The highest BCUT2D eigenvalue weighted by atomic mass is 16.2. The zero-order chi connectivity index (χ0) is 15.4. The van der Waals surface area contributed by atoms with Gasteiger partial charge >= 0.3 is 0 Å². The standard InChI is InChI=1S/C15H24N4O2/c1-4-18-10-13(9-14(18)20)15(21)16-6-5-7-19-12(3)8-11(2)17-19/h8,13H,4-7,9-10H2,1-3H3,(H,16,21)/t13-/m0/s1. The van der Waals surface area contributed by atoms with Crippen LogP contribution < -0.4 is 5.32 Å². The average molecular weight is 292 g/mol. The van der Waals surface area contributed by atoms with Crippen molar-refractivity contribution in [3.05, 3.63) is 17.5 Å². The van der Waals surface area contributed by atoms with Crippen LogP contribution in [0.15, 0.2) is 6.07 Å². The first-order valence-electron chi connectivity index (χ1n) is 7.57. The van der Waals surface area contributed by atoms with Gasteiger partial charge in [0.15, 0.2) is 0 Å². The lowest BCUT2D eigenvalue weighted by molar-refractivity contribution is -0.128. The lowest BCUT2D eigenvalue weighted by Crippen LogP contribution is -2.33. The summed E-state index contributed by atoms with van der Waals surface area (Å²) in [7, 11) is 0. The smallest absolute Gasteiger partial charge is 0.225 e. The maximum Gasteiger partial charge on any atom is 0.225 e. The highest BCUT2D eigenvalue weighted by Crippen LogP contribution is 2.17. The van der Waals surface area contributed by atoms with Crippen molar-refractivity contribution in [3.8, 4) is 0 Å². The molecular weight excluding hydrogens is 268 g/mol. The van der Waals surface area contributed by atoms with E-state index in [1.54, 1.807) is 4.90 Å². The van der Waals surface area contributed by atoms with E-state index in [0.29, 0.717) is 26.1 Å². The van der Waals surface area contributed by atoms with Crippen molar-refractivity contribution in [1.82, 2.24) is 20.0 Å². The third kappa shape index (κ3) is 3.83. The van der Waals surface area contributed by atoms with Gasteiger partial charge in [-0.05, 0) is 33.3 Å². The van der Waals surface area contributed by atoms with E-state index in [0.717, 1.165) is 24.4 Å². The van der Waals surface area contributed by atoms with Gasteiger partial charge in [0, 0.05) is 38.3 Å². The Balaban J connectivity index is 1.70.